The maximum atomic E-state index is 12.9. The fourth-order valence-electron chi connectivity index (χ4n) is 2.97. The average Bonchev–Trinajstić information content (AvgIpc) is 2.71. The SMILES string of the molecule is CCOc1c(I)cc(C(=O)Nc2ccc(C)cc2C)cc1OCc1ccccc1. The summed E-state index contributed by atoms with van der Waals surface area (Å²) < 4.78 is 12.6. The Kier molecular flexibility index (Phi) is 7.14. The minimum Gasteiger partial charge on any atom is -0.489 e. The molecule has 150 valence electrons. The summed E-state index contributed by atoms with van der Waals surface area (Å²) in [6.45, 7) is 6.87. The first-order valence-electron chi connectivity index (χ1n) is 9.49. The van der Waals surface area contributed by atoms with Gasteiger partial charge in [-0.3, -0.25) is 4.79 Å². The molecule has 0 atom stereocenters. The summed E-state index contributed by atoms with van der Waals surface area (Å²) in [7, 11) is 0. The molecule has 4 nitrogen and oxygen atoms in total. The molecule has 0 aliphatic carbocycles. The summed E-state index contributed by atoms with van der Waals surface area (Å²) in [6.07, 6.45) is 0. The van der Waals surface area contributed by atoms with Gasteiger partial charge in [0, 0.05) is 11.3 Å². The lowest BCUT2D eigenvalue weighted by molar-refractivity contribution is 0.102. The van der Waals surface area contributed by atoms with Crippen molar-refractivity contribution in [2.24, 2.45) is 0 Å². The molecule has 0 spiro atoms. The molecule has 0 saturated carbocycles. The average molecular weight is 501 g/mol. The highest BCUT2D eigenvalue weighted by atomic mass is 127. The zero-order chi connectivity index (χ0) is 20.8. The predicted molar refractivity (Wildman–Crippen MR) is 125 cm³/mol. The van der Waals surface area contributed by atoms with Gasteiger partial charge in [0.05, 0.1) is 10.2 Å². The number of amides is 1. The van der Waals surface area contributed by atoms with E-state index in [-0.39, 0.29) is 5.91 Å². The summed E-state index contributed by atoms with van der Waals surface area (Å²) in [6, 6.07) is 19.4. The number of rotatable bonds is 7. The molecule has 29 heavy (non-hydrogen) atoms. The van der Waals surface area contributed by atoms with Gasteiger partial charge in [0.15, 0.2) is 11.5 Å². The van der Waals surface area contributed by atoms with Gasteiger partial charge < -0.3 is 14.8 Å². The monoisotopic (exact) mass is 501 g/mol. The minimum absolute atomic E-state index is 0.178. The summed E-state index contributed by atoms with van der Waals surface area (Å²) in [5, 5.41) is 2.99. The second-order valence-electron chi connectivity index (χ2n) is 6.77. The Morgan fingerprint density at radius 1 is 1.00 bits per heavy atom. The molecule has 0 unspecified atom stereocenters. The Hall–Kier alpha value is -2.54. The highest BCUT2D eigenvalue weighted by Gasteiger charge is 2.17. The van der Waals surface area contributed by atoms with Crippen molar-refractivity contribution in [2.45, 2.75) is 27.4 Å². The van der Waals surface area contributed by atoms with Crippen LogP contribution in [0.15, 0.2) is 60.7 Å². The zero-order valence-electron chi connectivity index (χ0n) is 16.8. The van der Waals surface area contributed by atoms with Crippen molar-refractivity contribution in [1.29, 1.82) is 0 Å². The number of anilines is 1. The van der Waals surface area contributed by atoms with Gasteiger partial charge in [0.1, 0.15) is 6.61 Å². The quantitative estimate of drug-likeness (QED) is 0.396. The smallest absolute Gasteiger partial charge is 0.255 e. The van der Waals surface area contributed by atoms with E-state index in [2.05, 4.69) is 27.9 Å². The van der Waals surface area contributed by atoms with Gasteiger partial charge in [-0.15, -0.1) is 0 Å². The highest BCUT2D eigenvalue weighted by Crippen LogP contribution is 2.35. The summed E-state index contributed by atoms with van der Waals surface area (Å²) in [4.78, 5) is 12.9. The van der Waals surface area contributed by atoms with Crippen LogP contribution in [0.1, 0.15) is 34.0 Å². The minimum atomic E-state index is -0.178. The molecule has 5 heteroatoms. The zero-order valence-corrected chi connectivity index (χ0v) is 18.9. The lowest BCUT2D eigenvalue weighted by atomic mass is 10.1. The van der Waals surface area contributed by atoms with Crippen LogP contribution in [0.25, 0.3) is 0 Å². The Morgan fingerprint density at radius 2 is 1.76 bits per heavy atom. The van der Waals surface area contributed by atoms with E-state index < -0.39 is 0 Å². The van der Waals surface area contributed by atoms with E-state index >= 15 is 0 Å². The van der Waals surface area contributed by atoms with Crippen LogP contribution in [0.2, 0.25) is 0 Å². The van der Waals surface area contributed by atoms with Crippen LogP contribution in [0.4, 0.5) is 5.69 Å². The Morgan fingerprint density at radius 3 is 2.45 bits per heavy atom. The molecule has 1 amide bonds. The van der Waals surface area contributed by atoms with Gasteiger partial charge in [0.25, 0.3) is 5.91 Å². The van der Waals surface area contributed by atoms with Crippen LogP contribution in [-0.2, 0) is 6.61 Å². The largest absolute Gasteiger partial charge is 0.489 e. The van der Waals surface area contributed by atoms with Crippen molar-refractivity contribution in [3.8, 4) is 11.5 Å². The maximum Gasteiger partial charge on any atom is 0.255 e. The normalized spacial score (nSPS) is 10.5. The first kappa shape index (κ1) is 21.2. The second-order valence-corrected chi connectivity index (χ2v) is 7.93. The summed E-state index contributed by atoms with van der Waals surface area (Å²) >= 11 is 2.18. The fraction of sp³-hybridized carbons (Fsp3) is 0.208. The van der Waals surface area contributed by atoms with Crippen LogP contribution in [0.5, 0.6) is 11.5 Å². The van der Waals surface area contributed by atoms with Crippen molar-refractivity contribution >= 4 is 34.2 Å². The van der Waals surface area contributed by atoms with Gasteiger partial charge in [-0.25, -0.2) is 0 Å². The van der Waals surface area contributed by atoms with Crippen molar-refractivity contribution in [2.75, 3.05) is 11.9 Å². The van der Waals surface area contributed by atoms with Gasteiger partial charge in [-0.1, -0.05) is 48.0 Å². The number of nitrogens with one attached hydrogen (secondary N) is 1. The van der Waals surface area contributed by atoms with Crippen LogP contribution in [0, 0.1) is 17.4 Å². The number of halogens is 1. The van der Waals surface area contributed by atoms with Crippen LogP contribution in [-0.4, -0.2) is 12.5 Å². The number of ether oxygens (including phenoxy) is 2. The predicted octanol–water partition coefficient (Wildman–Crippen LogP) is 6.14. The topological polar surface area (TPSA) is 47.6 Å². The molecule has 0 radical (unpaired) electrons. The van der Waals surface area contributed by atoms with Crippen LogP contribution >= 0.6 is 22.6 Å². The second kappa shape index (κ2) is 9.78. The van der Waals surface area contributed by atoms with E-state index in [0.717, 1.165) is 25.9 Å². The molecular formula is C24H24INO3. The van der Waals surface area contributed by atoms with Gasteiger partial charge in [-0.05, 0) is 72.7 Å². The molecule has 3 aromatic rings. The Labute approximate surface area is 185 Å². The third-order valence-corrected chi connectivity index (χ3v) is 5.23. The van der Waals surface area contributed by atoms with Crippen molar-refractivity contribution in [3.05, 3.63) is 86.5 Å². The highest BCUT2D eigenvalue weighted by molar-refractivity contribution is 14.1. The van der Waals surface area contributed by atoms with E-state index in [9.17, 15) is 4.79 Å². The number of carbonyl (C=O) groups is 1. The van der Waals surface area contributed by atoms with Crippen LogP contribution in [0.3, 0.4) is 0 Å². The molecule has 0 fully saturated rings. The Balaban J connectivity index is 1.86. The van der Waals surface area contributed by atoms with Gasteiger partial charge >= 0.3 is 0 Å². The first-order valence-corrected chi connectivity index (χ1v) is 10.6. The lowest BCUT2D eigenvalue weighted by Gasteiger charge is -2.16. The van der Waals surface area contributed by atoms with E-state index in [1.165, 1.54) is 0 Å². The molecule has 0 aliphatic rings. The van der Waals surface area contributed by atoms with Crippen molar-refractivity contribution in [1.82, 2.24) is 0 Å². The third-order valence-electron chi connectivity index (χ3n) is 4.43. The standard InChI is InChI=1S/C24H24INO3/c1-4-28-23-20(25)13-19(14-22(23)29-15-18-8-6-5-7-9-18)24(27)26-21-11-10-16(2)12-17(21)3/h5-14H,4,15H2,1-3H3,(H,26,27). The number of aryl methyl sites for hydroxylation is 2. The molecule has 3 aromatic carbocycles. The number of benzene rings is 3. The maximum absolute atomic E-state index is 12.9. The molecule has 0 bridgehead atoms. The lowest BCUT2D eigenvalue weighted by Crippen LogP contribution is -2.14. The van der Waals surface area contributed by atoms with Crippen LogP contribution < -0.4 is 14.8 Å². The van der Waals surface area contributed by atoms with Gasteiger partial charge in [-0.2, -0.15) is 0 Å². The molecule has 1 N–H and O–H groups in total. The fourth-order valence-corrected chi connectivity index (χ4v) is 3.73. The van der Waals surface area contributed by atoms with Crippen molar-refractivity contribution in [3.63, 3.8) is 0 Å². The van der Waals surface area contributed by atoms with Crippen molar-refractivity contribution < 1.29 is 14.3 Å². The number of carbonyl (C=O) groups excluding carboxylic acids is 1. The molecule has 0 saturated heterocycles. The molecule has 0 heterocycles. The summed E-state index contributed by atoms with van der Waals surface area (Å²) in [5.41, 5.74) is 4.57. The number of hydrogen-bond acceptors (Lipinski definition) is 3. The van der Waals surface area contributed by atoms with E-state index in [0.29, 0.717) is 30.3 Å². The Bertz CT molecular complexity index is 1000. The van der Waals surface area contributed by atoms with E-state index in [1.807, 2.05) is 75.4 Å². The molecular weight excluding hydrogens is 477 g/mol. The number of hydrogen-bond donors (Lipinski definition) is 1. The molecule has 0 aliphatic heterocycles. The van der Waals surface area contributed by atoms with E-state index in [1.54, 1.807) is 6.07 Å². The third kappa shape index (κ3) is 5.50. The first-order chi connectivity index (χ1) is 14.0. The van der Waals surface area contributed by atoms with E-state index in [4.69, 9.17) is 9.47 Å². The molecule has 0 aromatic heterocycles. The van der Waals surface area contributed by atoms with Gasteiger partial charge in [0.2, 0.25) is 0 Å². The molecule has 3 rings (SSSR count). The summed E-state index contributed by atoms with van der Waals surface area (Å²) in [5.74, 6) is 1.04.